The minimum absolute atomic E-state index is 0.144. The fraction of sp³-hybridized carbons (Fsp3) is 0.429. The van der Waals surface area contributed by atoms with Crippen LogP contribution in [0.4, 0.5) is 17.2 Å². The highest BCUT2D eigenvalue weighted by Crippen LogP contribution is 2.23. The number of nitrogens with zero attached hydrogens (tertiary/aromatic N) is 3. The maximum atomic E-state index is 12.6. The Bertz CT molecular complexity index is 766. The molecule has 6 heteroatoms. The predicted octanol–water partition coefficient (Wildman–Crippen LogP) is 3.33. The fourth-order valence-corrected chi connectivity index (χ4v) is 3.27. The number of morpholine rings is 1. The van der Waals surface area contributed by atoms with Crippen LogP contribution >= 0.6 is 0 Å². The molecular weight excluding hydrogens is 340 g/mol. The second-order valence-corrected chi connectivity index (χ2v) is 6.63. The van der Waals surface area contributed by atoms with E-state index in [4.69, 9.17) is 4.74 Å². The summed E-state index contributed by atoms with van der Waals surface area (Å²) in [5.74, 6) is 0.740. The molecule has 3 rings (SSSR count). The van der Waals surface area contributed by atoms with Gasteiger partial charge in [-0.3, -0.25) is 4.79 Å². The monoisotopic (exact) mass is 368 g/mol. The van der Waals surface area contributed by atoms with Crippen LogP contribution in [0.1, 0.15) is 29.8 Å². The number of anilines is 3. The zero-order valence-electron chi connectivity index (χ0n) is 16.4. The molecule has 1 aliphatic rings. The molecule has 0 atom stereocenters. The maximum Gasteiger partial charge on any atom is 0.257 e. The summed E-state index contributed by atoms with van der Waals surface area (Å²) < 4.78 is 5.36. The van der Waals surface area contributed by atoms with Crippen molar-refractivity contribution in [3.8, 4) is 0 Å². The highest BCUT2D eigenvalue weighted by molar-refractivity contribution is 6.04. The van der Waals surface area contributed by atoms with Crippen LogP contribution in [0.15, 0.2) is 36.5 Å². The fourth-order valence-electron chi connectivity index (χ4n) is 3.27. The molecule has 0 unspecified atom stereocenters. The molecule has 1 aromatic carbocycles. The number of carbonyl (C=O) groups is 1. The van der Waals surface area contributed by atoms with E-state index in [9.17, 15) is 4.79 Å². The second-order valence-electron chi connectivity index (χ2n) is 6.63. The summed E-state index contributed by atoms with van der Waals surface area (Å²) in [5.41, 5.74) is 3.60. The summed E-state index contributed by atoms with van der Waals surface area (Å²) in [6, 6.07) is 9.86. The van der Waals surface area contributed by atoms with E-state index in [2.05, 4.69) is 46.1 Å². The van der Waals surface area contributed by atoms with Gasteiger partial charge in [0, 0.05) is 43.8 Å². The van der Waals surface area contributed by atoms with E-state index < -0.39 is 0 Å². The number of hydrogen-bond donors (Lipinski definition) is 1. The summed E-state index contributed by atoms with van der Waals surface area (Å²) in [4.78, 5) is 21.5. The number of carbonyl (C=O) groups excluding carboxylic acids is 1. The lowest BCUT2D eigenvalue weighted by Gasteiger charge is -2.27. The van der Waals surface area contributed by atoms with Crippen LogP contribution in [0.2, 0.25) is 0 Å². The molecule has 1 aliphatic heterocycles. The molecule has 27 heavy (non-hydrogen) atoms. The van der Waals surface area contributed by atoms with Gasteiger partial charge in [-0.15, -0.1) is 0 Å². The van der Waals surface area contributed by atoms with Gasteiger partial charge in [-0.25, -0.2) is 4.98 Å². The molecule has 1 amide bonds. The van der Waals surface area contributed by atoms with Gasteiger partial charge in [0.25, 0.3) is 5.91 Å². The maximum absolute atomic E-state index is 12.6. The molecule has 1 saturated heterocycles. The van der Waals surface area contributed by atoms with Crippen LogP contribution in [0.3, 0.4) is 0 Å². The Hall–Kier alpha value is -2.60. The van der Waals surface area contributed by atoms with Crippen molar-refractivity contribution in [2.24, 2.45) is 0 Å². The van der Waals surface area contributed by atoms with Crippen molar-refractivity contribution in [1.82, 2.24) is 4.98 Å². The van der Waals surface area contributed by atoms with Crippen LogP contribution in [-0.2, 0) is 4.74 Å². The summed E-state index contributed by atoms with van der Waals surface area (Å²) >= 11 is 0. The minimum Gasteiger partial charge on any atom is -0.378 e. The standard InChI is InChI=1S/C21H28N4O2/c1-4-24(5-2)18-7-8-19(16(3)14-18)23-21(26)17-6-9-20(22-15-17)25-10-12-27-13-11-25/h6-9,14-15H,4-5,10-13H2,1-3H3,(H,23,26). The minimum atomic E-state index is -0.144. The van der Waals surface area contributed by atoms with E-state index in [1.165, 1.54) is 5.69 Å². The van der Waals surface area contributed by atoms with Gasteiger partial charge in [-0.05, 0) is 56.7 Å². The second kappa shape index (κ2) is 8.86. The number of benzene rings is 1. The van der Waals surface area contributed by atoms with Crippen molar-refractivity contribution in [3.63, 3.8) is 0 Å². The van der Waals surface area contributed by atoms with Crippen LogP contribution in [0.5, 0.6) is 0 Å². The molecule has 0 bridgehead atoms. The Morgan fingerprint density at radius 1 is 1.19 bits per heavy atom. The number of aryl methyl sites for hydroxylation is 1. The van der Waals surface area contributed by atoms with Gasteiger partial charge >= 0.3 is 0 Å². The smallest absolute Gasteiger partial charge is 0.257 e. The molecule has 1 fully saturated rings. The molecule has 144 valence electrons. The lowest BCUT2D eigenvalue weighted by molar-refractivity contribution is 0.102. The van der Waals surface area contributed by atoms with E-state index in [-0.39, 0.29) is 5.91 Å². The summed E-state index contributed by atoms with van der Waals surface area (Å²) in [7, 11) is 0. The van der Waals surface area contributed by atoms with E-state index in [0.717, 1.165) is 43.2 Å². The first-order valence-electron chi connectivity index (χ1n) is 9.58. The third-order valence-corrected chi connectivity index (χ3v) is 4.93. The van der Waals surface area contributed by atoms with Gasteiger partial charge in [-0.2, -0.15) is 0 Å². The third kappa shape index (κ3) is 4.57. The van der Waals surface area contributed by atoms with Crippen molar-refractivity contribution in [2.45, 2.75) is 20.8 Å². The van der Waals surface area contributed by atoms with E-state index in [0.29, 0.717) is 18.8 Å². The first-order chi connectivity index (χ1) is 13.1. The zero-order valence-corrected chi connectivity index (χ0v) is 16.4. The Balaban J connectivity index is 1.68. The van der Waals surface area contributed by atoms with Gasteiger partial charge in [0.1, 0.15) is 5.82 Å². The molecule has 2 heterocycles. The first-order valence-corrected chi connectivity index (χ1v) is 9.58. The van der Waals surface area contributed by atoms with Crippen molar-refractivity contribution in [2.75, 3.05) is 54.5 Å². The highest BCUT2D eigenvalue weighted by Gasteiger charge is 2.14. The average Bonchev–Trinajstić information content (AvgIpc) is 2.71. The Kier molecular flexibility index (Phi) is 6.29. The van der Waals surface area contributed by atoms with Crippen molar-refractivity contribution in [3.05, 3.63) is 47.7 Å². The van der Waals surface area contributed by atoms with Crippen LogP contribution in [0, 0.1) is 6.92 Å². The van der Waals surface area contributed by atoms with Gasteiger partial charge in [0.05, 0.1) is 18.8 Å². The Labute approximate surface area is 161 Å². The quantitative estimate of drug-likeness (QED) is 0.848. The predicted molar refractivity (Wildman–Crippen MR) is 110 cm³/mol. The van der Waals surface area contributed by atoms with Gasteiger partial charge in [0.2, 0.25) is 0 Å². The van der Waals surface area contributed by atoms with Crippen molar-refractivity contribution < 1.29 is 9.53 Å². The molecular formula is C21H28N4O2. The summed E-state index contributed by atoms with van der Waals surface area (Å²) in [6.45, 7) is 11.3. The van der Waals surface area contributed by atoms with Gasteiger partial charge in [0.15, 0.2) is 0 Å². The van der Waals surface area contributed by atoms with Crippen molar-refractivity contribution in [1.29, 1.82) is 0 Å². The molecule has 0 spiro atoms. The average molecular weight is 368 g/mol. The van der Waals surface area contributed by atoms with Gasteiger partial charge in [-0.1, -0.05) is 0 Å². The summed E-state index contributed by atoms with van der Waals surface area (Å²) in [6.07, 6.45) is 1.64. The van der Waals surface area contributed by atoms with Crippen LogP contribution < -0.4 is 15.1 Å². The highest BCUT2D eigenvalue weighted by atomic mass is 16.5. The molecule has 1 N–H and O–H groups in total. The van der Waals surface area contributed by atoms with Crippen LogP contribution in [-0.4, -0.2) is 50.3 Å². The van der Waals surface area contributed by atoms with E-state index in [1.807, 2.05) is 25.1 Å². The molecule has 0 aliphatic carbocycles. The van der Waals surface area contributed by atoms with Crippen LogP contribution in [0.25, 0.3) is 0 Å². The number of aromatic nitrogens is 1. The molecule has 0 radical (unpaired) electrons. The lowest BCUT2D eigenvalue weighted by atomic mass is 10.1. The number of pyridine rings is 1. The number of amides is 1. The van der Waals surface area contributed by atoms with Gasteiger partial charge < -0.3 is 19.9 Å². The lowest BCUT2D eigenvalue weighted by Crippen LogP contribution is -2.36. The SMILES string of the molecule is CCN(CC)c1ccc(NC(=O)c2ccc(N3CCOCC3)nc2)c(C)c1. The number of ether oxygens (including phenoxy) is 1. The number of rotatable bonds is 6. The van der Waals surface area contributed by atoms with E-state index >= 15 is 0 Å². The summed E-state index contributed by atoms with van der Waals surface area (Å²) in [5, 5.41) is 3.00. The Morgan fingerprint density at radius 3 is 2.52 bits per heavy atom. The first kappa shape index (κ1) is 19.2. The third-order valence-electron chi connectivity index (χ3n) is 4.93. The molecule has 6 nitrogen and oxygen atoms in total. The largest absolute Gasteiger partial charge is 0.378 e. The zero-order chi connectivity index (χ0) is 19.2. The molecule has 0 saturated carbocycles. The topological polar surface area (TPSA) is 57.7 Å². The Morgan fingerprint density at radius 2 is 1.93 bits per heavy atom. The van der Waals surface area contributed by atoms with Crippen molar-refractivity contribution >= 4 is 23.1 Å². The van der Waals surface area contributed by atoms with E-state index in [1.54, 1.807) is 6.20 Å². The number of hydrogen-bond acceptors (Lipinski definition) is 5. The normalized spacial score (nSPS) is 14.1. The number of nitrogens with one attached hydrogen (secondary N) is 1. The molecule has 1 aromatic heterocycles. The molecule has 2 aromatic rings.